The van der Waals surface area contributed by atoms with E-state index in [0.29, 0.717) is 36.5 Å². The predicted molar refractivity (Wildman–Crippen MR) is 94.8 cm³/mol. The van der Waals surface area contributed by atoms with Crippen LogP contribution in [0.1, 0.15) is 42.1 Å². The Kier molecular flexibility index (Phi) is 6.42. The van der Waals surface area contributed by atoms with Crippen molar-refractivity contribution in [1.29, 1.82) is 0 Å². The van der Waals surface area contributed by atoms with Gasteiger partial charge in [-0.2, -0.15) is 0 Å². The van der Waals surface area contributed by atoms with Gasteiger partial charge in [-0.05, 0) is 49.9 Å². The third-order valence-electron chi connectivity index (χ3n) is 4.55. The van der Waals surface area contributed by atoms with E-state index in [0.717, 1.165) is 12.0 Å². The average molecular weight is 367 g/mol. The van der Waals surface area contributed by atoms with Crippen molar-refractivity contribution in [2.24, 2.45) is 0 Å². The lowest BCUT2D eigenvalue weighted by atomic mass is 10.1. The molecule has 136 valence electrons. The summed E-state index contributed by atoms with van der Waals surface area (Å²) in [7, 11) is 0. The van der Waals surface area contributed by atoms with Gasteiger partial charge in [0.25, 0.3) is 5.91 Å². The molecule has 1 saturated heterocycles. The van der Waals surface area contributed by atoms with E-state index in [1.807, 2.05) is 6.92 Å². The quantitative estimate of drug-likeness (QED) is 0.888. The van der Waals surface area contributed by atoms with Crippen molar-refractivity contribution in [1.82, 2.24) is 9.80 Å². The molecule has 0 spiro atoms. The van der Waals surface area contributed by atoms with Crippen LogP contribution in [-0.2, 0) is 9.59 Å². The highest BCUT2D eigenvalue weighted by atomic mass is 35.5. The summed E-state index contributed by atoms with van der Waals surface area (Å²) in [6.07, 6.45) is 1.99. The van der Waals surface area contributed by atoms with E-state index in [-0.39, 0.29) is 24.4 Å². The zero-order valence-corrected chi connectivity index (χ0v) is 15.3. The van der Waals surface area contributed by atoms with Crippen LogP contribution in [0, 0.1) is 6.92 Å². The molecule has 1 atom stereocenters. The molecule has 1 heterocycles. The van der Waals surface area contributed by atoms with Crippen LogP contribution in [0.3, 0.4) is 0 Å². The molecule has 1 aliphatic rings. The van der Waals surface area contributed by atoms with Crippen molar-refractivity contribution in [3.8, 4) is 0 Å². The highest BCUT2D eigenvalue weighted by Gasteiger charge is 2.28. The first-order valence-corrected chi connectivity index (χ1v) is 8.72. The van der Waals surface area contributed by atoms with Gasteiger partial charge < -0.3 is 14.9 Å². The fourth-order valence-electron chi connectivity index (χ4n) is 3.27. The second-order valence-corrected chi connectivity index (χ2v) is 6.81. The molecule has 0 bridgehead atoms. The van der Waals surface area contributed by atoms with Gasteiger partial charge in [-0.25, -0.2) is 0 Å². The summed E-state index contributed by atoms with van der Waals surface area (Å²) in [5.41, 5.74) is 1.45. The molecule has 1 unspecified atom stereocenters. The molecule has 1 aliphatic heterocycles. The van der Waals surface area contributed by atoms with Crippen LogP contribution in [0.5, 0.6) is 0 Å². The van der Waals surface area contributed by atoms with Crippen LogP contribution in [0.15, 0.2) is 18.2 Å². The number of carbonyl (C=O) groups is 3. The topological polar surface area (TPSA) is 77.9 Å². The lowest BCUT2D eigenvalue weighted by Crippen LogP contribution is -2.43. The van der Waals surface area contributed by atoms with Crippen LogP contribution >= 0.6 is 11.6 Å². The average Bonchev–Trinajstić information content (AvgIpc) is 2.77. The number of rotatable bonds is 4. The zero-order valence-electron chi connectivity index (χ0n) is 14.5. The maximum Gasteiger partial charge on any atom is 0.323 e. The molecule has 1 fully saturated rings. The number of aliphatic carboxylic acids is 1. The Morgan fingerprint density at radius 1 is 1.28 bits per heavy atom. The minimum Gasteiger partial charge on any atom is -0.480 e. The van der Waals surface area contributed by atoms with Gasteiger partial charge in [0.2, 0.25) is 5.91 Å². The van der Waals surface area contributed by atoms with E-state index >= 15 is 0 Å². The zero-order chi connectivity index (χ0) is 18.6. The molecule has 25 heavy (non-hydrogen) atoms. The molecule has 2 amide bonds. The third kappa shape index (κ3) is 4.95. The fourth-order valence-corrected chi connectivity index (χ4v) is 3.50. The Morgan fingerprint density at radius 3 is 2.60 bits per heavy atom. The van der Waals surface area contributed by atoms with Crippen molar-refractivity contribution < 1.29 is 19.5 Å². The van der Waals surface area contributed by atoms with E-state index in [9.17, 15) is 14.4 Å². The van der Waals surface area contributed by atoms with Crippen molar-refractivity contribution in [2.75, 3.05) is 19.6 Å². The Morgan fingerprint density at radius 2 is 2.00 bits per heavy atom. The molecule has 0 radical (unpaired) electrons. The monoisotopic (exact) mass is 366 g/mol. The van der Waals surface area contributed by atoms with Gasteiger partial charge in [0.1, 0.15) is 6.54 Å². The summed E-state index contributed by atoms with van der Waals surface area (Å²) in [5, 5.41) is 9.60. The van der Waals surface area contributed by atoms with Crippen LogP contribution < -0.4 is 0 Å². The molecular formula is C18H23ClN2O4. The van der Waals surface area contributed by atoms with Gasteiger partial charge in [-0.3, -0.25) is 14.4 Å². The van der Waals surface area contributed by atoms with Gasteiger partial charge in [-0.1, -0.05) is 11.6 Å². The summed E-state index contributed by atoms with van der Waals surface area (Å²) < 4.78 is 0. The molecule has 0 aromatic heterocycles. The molecule has 0 saturated carbocycles. The number of nitrogens with zero attached hydrogens (tertiary/aromatic N) is 2. The lowest BCUT2D eigenvalue weighted by molar-refractivity contribution is -0.145. The van der Waals surface area contributed by atoms with Gasteiger partial charge in [-0.15, -0.1) is 0 Å². The lowest BCUT2D eigenvalue weighted by Gasteiger charge is -2.29. The second-order valence-electron chi connectivity index (χ2n) is 6.38. The van der Waals surface area contributed by atoms with Gasteiger partial charge in [0, 0.05) is 36.6 Å². The summed E-state index contributed by atoms with van der Waals surface area (Å²) in [4.78, 5) is 38.7. The first-order chi connectivity index (χ1) is 11.8. The number of hydrogen-bond acceptors (Lipinski definition) is 3. The summed E-state index contributed by atoms with van der Waals surface area (Å²) >= 11 is 5.95. The molecule has 0 aliphatic carbocycles. The Hall–Kier alpha value is -2.08. The Balaban J connectivity index is 2.08. The van der Waals surface area contributed by atoms with Crippen LogP contribution in [0.4, 0.5) is 0 Å². The normalized spacial score (nSPS) is 17.7. The summed E-state index contributed by atoms with van der Waals surface area (Å²) in [6.45, 7) is 4.02. The van der Waals surface area contributed by atoms with Crippen molar-refractivity contribution in [3.63, 3.8) is 0 Å². The number of hydrogen-bond donors (Lipinski definition) is 1. The smallest absolute Gasteiger partial charge is 0.323 e. The van der Waals surface area contributed by atoms with Crippen LogP contribution in [0.2, 0.25) is 5.02 Å². The summed E-state index contributed by atoms with van der Waals surface area (Å²) in [5.74, 6) is -1.33. The molecular weight excluding hydrogens is 344 g/mol. The number of halogens is 1. The minimum absolute atomic E-state index is 0.0533. The Labute approximate surface area is 152 Å². The minimum atomic E-state index is -1.02. The number of aryl methyl sites for hydroxylation is 1. The van der Waals surface area contributed by atoms with E-state index in [1.165, 1.54) is 11.8 Å². The number of likely N-dealkylation sites (tertiary alicyclic amines) is 1. The standard InChI is InChI=1S/C18H23ClN2O4/c1-12-10-14(19)5-6-16(12)18(25)20-8-3-4-15(7-9-20)21(13(2)22)11-17(23)24/h5-6,10,15H,3-4,7-9,11H2,1-2H3,(H,23,24). The second kappa shape index (κ2) is 8.34. The molecule has 7 heteroatoms. The van der Waals surface area contributed by atoms with Crippen molar-refractivity contribution in [3.05, 3.63) is 34.3 Å². The highest BCUT2D eigenvalue weighted by molar-refractivity contribution is 6.30. The van der Waals surface area contributed by atoms with Crippen LogP contribution in [-0.4, -0.2) is 58.4 Å². The van der Waals surface area contributed by atoms with Crippen LogP contribution in [0.25, 0.3) is 0 Å². The van der Waals surface area contributed by atoms with Crippen molar-refractivity contribution in [2.45, 2.75) is 39.2 Å². The van der Waals surface area contributed by atoms with Gasteiger partial charge in [0.05, 0.1) is 0 Å². The maximum atomic E-state index is 12.8. The SMILES string of the molecule is CC(=O)N(CC(=O)O)C1CCCN(C(=O)c2ccc(Cl)cc2C)CC1. The van der Waals surface area contributed by atoms with E-state index in [2.05, 4.69) is 0 Å². The first-order valence-electron chi connectivity index (χ1n) is 8.34. The third-order valence-corrected chi connectivity index (χ3v) is 4.79. The molecule has 2 rings (SSSR count). The largest absolute Gasteiger partial charge is 0.480 e. The number of benzene rings is 1. The molecule has 6 nitrogen and oxygen atoms in total. The van der Waals surface area contributed by atoms with E-state index in [4.69, 9.17) is 16.7 Å². The van der Waals surface area contributed by atoms with Gasteiger partial charge in [0.15, 0.2) is 0 Å². The van der Waals surface area contributed by atoms with E-state index in [1.54, 1.807) is 23.1 Å². The number of carboxylic acids is 1. The number of carbonyl (C=O) groups excluding carboxylic acids is 2. The first kappa shape index (κ1) is 19.2. The van der Waals surface area contributed by atoms with Crippen molar-refractivity contribution >= 4 is 29.4 Å². The predicted octanol–water partition coefficient (Wildman–Crippen LogP) is 2.58. The van der Waals surface area contributed by atoms with E-state index < -0.39 is 5.97 Å². The number of carboxylic acid groups (broad SMARTS) is 1. The Bertz CT molecular complexity index is 677. The molecule has 1 N–H and O–H groups in total. The fraction of sp³-hybridized carbons (Fsp3) is 0.500. The maximum absolute atomic E-state index is 12.8. The van der Waals surface area contributed by atoms with Gasteiger partial charge >= 0.3 is 5.97 Å². The number of amides is 2. The molecule has 1 aromatic carbocycles. The summed E-state index contributed by atoms with van der Waals surface area (Å²) in [6, 6.07) is 5.04. The highest BCUT2D eigenvalue weighted by Crippen LogP contribution is 2.21. The molecule has 1 aromatic rings.